The minimum atomic E-state index is 0.217. The average Bonchev–Trinajstić information content (AvgIpc) is 3.05. The first-order chi connectivity index (χ1) is 9.72. The van der Waals surface area contributed by atoms with Gasteiger partial charge in [0.05, 0.1) is 6.20 Å². The van der Waals surface area contributed by atoms with Crippen molar-refractivity contribution in [2.24, 2.45) is 7.05 Å². The normalized spacial score (nSPS) is 14.8. The Balaban J connectivity index is 1.69. The Hall–Kier alpha value is -2.30. The highest BCUT2D eigenvalue weighted by molar-refractivity contribution is 5.95. The van der Waals surface area contributed by atoms with Crippen molar-refractivity contribution >= 4 is 17.3 Å². The van der Waals surface area contributed by atoms with Crippen molar-refractivity contribution in [2.75, 3.05) is 16.8 Å². The van der Waals surface area contributed by atoms with Crippen LogP contribution in [-0.2, 0) is 18.4 Å². The van der Waals surface area contributed by atoms with Crippen LogP contribution >= 0.6 is 0 Å². The van der Waals surface area contributed by atoms with Crippen molar-refractivity contribution in [1.29, 1.82) is 0 Å². The standard InChI is InChI=1S/C15H18N4O/c1-18-11-12(10-17-18)9-16-13-4-2-5-14(8-13)19-7-3-6-15(19)20/h2,4-5,8,10-11,16H,3,6-7,9H2,1H3. The largest absolute Gasteiger partial charge is 0.381 e. The first-order valence-corrected chi connectivity index (χ1v) is 6.84. The van der Waals surface area contributed by atoms with E-state index in [1.807, 2.05) is 48.6 Å². The molecule has 2 heterocycles. The highest BCUT2D eigenvalue weighted by Gasteiger charge is 2.21. The fraction of sp³-hybridized carbons (Fsp3) is 0.333. The Kier molecular flexibility index (Phi) is 3.41. The lowest BCUT2D eigenvalue weighted by Crippen LogP contribution is -2.23. The molecule has 0 aliphatic carbocycles. The number of carbonyl (C=O) groups is 1. The molecule has 1 aliphatic heterocycles. The lowest BCUT2D eigenvalue weighted by Gasteiger charge is -2.17. The maximum Gasteiger partial charge on any atom is 0.227 e. The maximum absolute atomic E-state index is 11.8. The molecule has 0 atom stereocenters. The molecule has 5 nitrogen and oxygen atoms in total. The van der Waals surface area contributed by atoms with Gasteiger partial charge in [-0.25, -0.2) is 0 Å². The molecule has 0 unspecified atom stereocenters. The summed E-state index contributed by atoms with van der Waals surface area (Å²) in [4.78, 5) is 13.6. The summed E-state index contributed by atoms with van der Waals surface area (Å²) in [6.07, 6.45) is 5.45. The zero-order valence-corrected chi connectivity index (χ0v) is 11.5. The third kappa shape index (κ3) is 2.66. The summed E-state index contributed by atoms with van der Waals surface area (Å²) in [5.41, 5.74) is 3.13. The SMILES string of the molecule is Cn1cc(CNc2cccc(N3CCCC3=O)c2)cn1. The van der Waals surface area contributed by atoms with Gasteiger partial charge in [0, 0.05) is 49.7 Å². The molecule has 104 valence electrons. The third-order valence-corrected chi connectivity index (χ3v) is 3.49. The van der Waals surface area contributed by atoms with Gasteiger partial charge < -0.3 is 10.2 Å². The van der Waals surface area contributed by atoms with Gasteiger partial charge in [0.2, 0.25) is 5.91 Å². The Morgan fingerprint density at radius 3 is 3.00 bits per heavy atom. The molecule has 1 aromatic heterocycles. The molecule has 1 amide bonds. The van der Waals surface area contributed by atoms with Gasteiger partial charge in [0.1, 0.15) is 0 Å². The van der Waals surface area contributed by atoms with Crippen LogP contribution < -0.4 is 10.2 Å². The number of rotatable bonds is 4. The number of aryl methyl sites for hydroxylation is 1. The van der Waals surface area contributed by atoms with E-state index in [0.29, 0.717) is 6.42 Å². The van der Waals surface area contributed by atoms with E-state index >= 15 is 0 Å². The molecule has 1 aromatic carbocycles. The summed E-state index contributed by atoms with van der Waals surface area (Å²) >= 11 is 0. The second-order valence-corrected chi connectivity index (χ2v) is 5.08. The van der Waals surface area contributed by atoms with E-state index in [1.165, 1.54) is 0 Å². The van der Waals surface area contributed by atoms with Gasteiger partial charge in [-0.2, -0.15) is 5.10 Å². The molecule has 0 spiro atoms. The molecule has 3 rings (SSSR count). The fourth-order valence-corrected chi connectivity index (χ4v) is 2.47. The van der Waals surface area contributed by atoms with Gasteiger partial charge in [-0.1, -0.05) is 6.07 Å². The van der Waals surface area contributed by atoms with Crippen molar-refractivity contribution in [3.8, 4) is 0 Å². The molecule has 1 N–H and O–H groups in total. The van der Waals surface area contributed by atoms with Crippen LogP contribution in [0, 0.1) is 0 Å². The smallest absolute Gasteiger partial charge is 0.227 e. The van der Waals surface area contributed by atoms with Crippen LogP contribution in [0.25, 0.3) is 0 Å². The third-order valence-electron chi connectivity index (χ3n) is 3.49. The molecular weight excluding hydrogens is 252 g/mol. The fourth-order valence-electron chi connectivity index (χ4n) is 2.47. The van der Waals surface area contributed by atoms with Gasteiger partial charge in [0.25, 0.3) is 0 Å². The molecule has 0 radical (unpaired) electrons. The molecule has 0 bridgehead atoms. The zero-order valence-electron chi connectivity index (χ0n) is 11.5. The highest BCUT2D eigenvalue weighted by Crippen LogP contribution is 2.24. The summed E-state index contributed by atoms with van der Waals surface area (Å²) in [6.45, 7) is 1.55. The van der Waals surface area contributed by atoms with Crippen molar-refractivity contribution in [1.82, 2.24) is 9.78 Å². The first kappa shape index (κ1) is 12.7. The number of benzene rings is 1. The molecule has 1 saturated heterocycles. The monoisotopic (exact) mass is 270 g/mol. The number of carbonyl (C=O) groups excluding carboxylic acids is 1. The summed E-state index contributed by atoms with van der Waals surface area (Å²) < 4.78 is 1.79. The van der Waals surface area contributed by atoms with E-state index < -0.39 is 0 Å². The summed E-state index contributed by atoms with van der Waals surface area (Å²) in [6, 6.07) is 8.00. The summed E-state index contributed by atoms with van der Waals surface area (Å²) in [7, 11) is 1.91. The molecule has 20 heavy (non-hydrogen) atoms. The van der Waals surface area contributed by atoms with E-state index in [-0.39, 0.29) is 5.91 Å². The van der Waals surface area contributed by atoms with Crippen molar-refractivity contribution in [3.05, 3.63) is 42.2 Å². The summed E-state index contributed by atoms with van der Waals surface area (Å²) in [5.74, 6) is 0.217. The minimum absolute atomic E-state index is 0.217. The Bertz CT molecular complexity index is 620. The highest BCUT2D eigenvalue weighted by atomic mass is 16.2. The molecule has 1 aliphatic rings. The number of nitrogens with zero attached hydrogens (tertiary/aromatic N) is 3. The van der Waals surface area contributed by atoms with Crippen LogP contribution in [0.3, 0.4) is 0 Å². The minimum Gasteiger partial charge on any atom is -0.381 e. The predicted octanol–water partition coefficient (Wildman–Crippen LogP) is 2.16. The quantitative estimate of drug-likeness (QED) is 0.926. The van der Waals surface area contributed by atoms with E-state index in [2.05, 4.69) is 10.4 Å². The van der Waals surface area contributed by atoms with Gasteiger partial charge in [-0.3, -0.25) is 9.48 Å². The van der Waals surface area contributed by atoms with E-state index in [0.717, 1.165) is 36.4 Å². The van der Waals surface area contributed by atoms with Crippen molar-refractivity contribution < 1.29 is 4.79 Å². The average molecular weight is 270 g/mol. The van der Waals surface area contributed by atoms with Gasteiger partial charge in [-0.05, 0) is 24.6 Å². The Morgan fingerprint density at radius 1 is 1.40 bits per heavy atom. The molecule has 0 saturated carbocycles. The first-order valence-electron chi connectivity index (χ1n) is 6.84. The Labute approximate surface area is 118 Å². The van der Waals surface area contributed by atoms with Crippen LogP contribution in [0.4, 0.5) is 11.4 Å². The number of amides is 1. The Morgan fingerprint density at radius 2 is 2.30 bits per heavy atom. The van der Waals surface area contributed by atoms with Crippen LogP contribution in [0.5, 0.6) is 0 Å². The molecule has 2 aromatic rings. The van der Waals surface area contributed by atoms with Gasteiger partial charge in [0.15, 0.2) is 0 Å². The van der Waals surface area contributed by atoms with E-state index in [1.54, 1.807) is 4.68 Å². The second-order valence-electron chi connectivity index (χ2n) is 5.08. The van der Waals surface area contributed by atoms with Crippen LogP contribution in [0.1, 0.15) is 18.4 Å². The molecule has 5 heteroatoms. The van der Waals surface area contributed by atoms with Gasteiger partial charge >= 0.3 is 0 Å². The number of anilines is 2. The number of hydrogen-bond acceptors (Lipinski definition) is 3. The lowest BCUT2D eigenvalue weighted by molar-refractivity contribution is -0.117. The molecule has 1 fully saturated rings. The maximum atomic E-state index is 11.8. The number of aromatic nitrogens is 2. The number of hydrogen-bond donors (Lipinski definition) is 1. The molecular formula is C15H18N4O. The summed E-state index contributed by atoms with van der Waals surface area (Å²) in [5, 5.41) is 7.50. The zero-order chi connectivity index (χ0) is 13.9. The second kappa shape index (κ2) is 5.36. The van der Waals surface area contributed by atoms with E-state index in [9.17, 15) is 4.79 Å². The van der Waals surface area contributed by atoms with Crippen LogP contribution in [-0.4, -0.2) is 22.2 Å². The predicted molar refractivity (Wildman–Crippen MR) is 78.6 cm³/mol. The number of nitrogens with one attached hydrogen (secondary N) is 1. The van der Waals surface area contributed by atoms with E-state index in [4.69, 9.17) is 0 Å². The van der Waals surface area contributed by atoms with Crippen molar-refractivity contribution in [3.63, 3.8) is 0 Å². The van der Waals surface area contributed by atoms with Crippen LogP contribution in [0.15, 0.2) is 36.7 Å². The van der Waals surface area contributed by atoms with Crippen molar-refractivity contribution in [2.45, 2.75) is 19.4 Å². The lowest BCUT2D eigenvalue weighted by atomic mass is 10.2. The van der Waals surface area contributed by atoms with Gasteiger partial charge in [-0.15, -0.1) is 0 Å². The topological polar surface area (TPSA) is 50.2 Å². The van der Waals surface area contributed by atoms with Crippen LogP contribution in [0.2, 0.25) is 0 Å².